The first-order chi connectivity index (χ1) is 11.3. The van der Waals surface area contributed by atoms with E-state index in [9.17, 15) is 4.79 Å². The number of carbonyl (C=O) groups is 1. The van der Waals surface area contributed by atoms with E-state index < -0.39 is 0 Å². The zero-order valence-corrected chi connectivity index (χ0v) is 13.5. The number of ether oxygens (including phenoxy) is 2. The second-order valence-corrected chi connectivity index (χ2v) is 6.91. The number of pyridine rings is 1. The maximum absolute atomic E-state index is 12.6. The first-order valence-corrected chi connectivity index (χ1v) is 8.78. The molecule has 0 unspecified atom stereocenters. The second-order valence-electron chi connectivity index (χ2n) is 6.91. The standard InChI is InChI=1S/C18H24N2O3/c21-18(14-6-9-22-10-7-14)20-8-5-16-15(11-20)3-4-17(19-16)23-12-13-1-2-13/h3-4,13-14H,1-2,5-12H2. The van der Waals surface area contributed by atoms with Crippen molar-refractivity contribution in [2.75, 3.05) is 26.4 Å². The molecule has 5 nitrogen and oxygen atoms in total. The molecule has 5 heteroatoms. The summed E-state index contributed by atoms with van der Waals surface area (Å²) in [6.45, 7) is 3.66. The molecule has 0 N–H and O–H groups in total. The van der Waals surface area contributed by atoms with Crippen LogP contribution in [0.5, 0.6) is 5.88 Å². The van der Waals surface area contributed by atoms with Gasteiger partial charge in [-0.05, 0) is 37.2 Å². The number of amides is 1. The monoisotopic (exact) mass is 316 g/mol. The number of nitrogens with zero attached hydrogens (tertiary/aromatic N) is 2. The number of fused-ring (bicyclic) bond motifs is 1. The third-order valence-electron chi connectivity index (χ3n) is 5.07. The minimum atomic E-state index is 0.138. The molecule has 0 bridgehead atoms. The number of carbonyl (C=O) groups excluding carboxylic acids is 1. The Hall–Kier alpha value is -1.62. The van der Waals surface area contributed by atoms with Gasteiger partial charge in [0.2, 0.25) is 11.8 Å². The summed E-state index contributed by atoms with van der Waals surface area (Å²) < 4.78 is 11.1. The van der Waals surface area contributed by atoms with Gasteiger partial charge >= 0.3 is 0 Å². The smallest absolute Gasteiger partial charge is 0.226 e. The molecule has 1 aliphatic carbocycles. The van der Waals surface area contributed by atoms with Crippen LogP contribution in [-0.2, 0) is 22.5 Å². The van der Waals surface area contributed by atoms with Crippen molar-refractivity contribution in [3.05, 3.63) is 23.4 Å². The van der Waals surface area contributed by atoms with Crippen LogP contribution in [0.4, 0.5) is 0 Å². The second kappa shape index (κ2) is 6.48. The van der Waals surface area contributed by atoms with Crippen LogP contribution >= 0.6 is 0 Å². The highest BCUT2D eigenvalue weighted by Gasteiger charge is 2.29. The summed E-state index contributed by atoms with van der Waals surface area (Å²) in [7, 11) is 0. The van der Waals surface area contributed by atoms with Crippen molar-refractivity contribution in [2.24, 2.45) is 11.8 Å². The summed E-state index contributed by atoms with van der Waals surface area (Å²) in [6.07, 6.45) is 5.11. The molecule has 3 heterocycles. The van der Waals surface area contributed by atoms with Crippen molar-refractivity contribution in [3.63, 3.8) is 0 Å². The third-order valence-corrected chi connectivity index (χ3v) is 5.07. The Labute approximate surface area is 137 Å². The van der Waals surface area contributed by atoms with E-state index in [1.165, 1.54) is 12.8 Å². The van der Waals surface area contributed by atoms with Crippen LogP contribution < -0.4 is 4.74 Å². The van der Waals surface area contributed by atoms with Crippen LogP contribution in [0.2, 0.25) is 0 Å². The Morgan fingerprint density at radius 3 is 2.87 bits per heavy atom. The first-order valence-electron chi connectivity index (χ1n) is 8.78. The topological polar surface area (TPSA) is 51.7 Å². The quantitative estimate of drug-likeness (QED) is 0.854. The molecule has 1 saturated carbocycles. The van der Waals surface area contributed by atoms with Crippen LogP contribution in [0.25, 0.3) is 0 Å². The Balaban J connectivity index is 1.39. The summed E-state index contributed by atoms with van der Waals surface area (Å²) in [5.41, 5.74) is 2.25. The molecule has 0 spiro atoms. The molecule has 0 aromatic carbocycles. The van der Waals surface area contributed by atoms with E-state index in [0.717, 1.165) is 55.5 Å². The maximum atomic E-state index is 12.6. The van der Waals surface area contributed by atoms with Gasteiger partial charge in [-0.25, -0.2) is 4.98 Å². The van der Waals surface area contributed by atoms with E-state index in [1.54, 1.807) is 0 Å². The molecule has 0 radical (unpaired) electrons. The van der Waals surface area contributed by atoms with Crippen LogP contribution in [0.1, 0.15) is 36.9 Å². The van der Waals surface area contributed by atoms with Gasteiger partial charge in [0.15, 0.2) is 0 Å². The lowest BCUT2D eigenvalue weighted by Crippen LogP contribution is -2.41. The molecular weight excluding hydrogens is 292 g/mol. The lowest BCUT2D eigenvalue weighted by atomic mass is 9.96. The van der Waals surface area contributed by atoms with Gasteiger partial charge in [-0.3, -0.25) is 4.79 Å². The van der Waals surface area contributed by atoms with Crippen molar-refractivity contribution in [2.45, 2.75) is 38.6 Å². The van der Waals surface area contributed by atoms with Gasteiger partial charge < -0.3 is 14.4 Å². The van der Waals surface area contributed by atoms with Gasteiger partial charge in [0.05, 0.1) is 12.3 Å². The molecule has 4 rings (SSSR count). The van der Waals surface area contributed by atoms with Crippen molar-refractivity contribution in [1.82, 2.24) is 9.88 Å². The van der Waals surface area contributed by atoms with Gasteiger partial charge in [-0.15, -0.1) is 0 Å². The van der Waals surface area contributed by atoms with E-state index in [4.69, 9.17) is 9.47 Å². The Morgan fingerprint density at radius 1 is 1.26 bits per heavy atom. The fourth-order valence-corrected chi connectivity index (χ4v) is 3.36. The molecule has 1 aromatic heterocycles. The normalized spacial score (nSPS) is 21.8. The van der Waals surface area contributed by atoms with Gasteiger partial charge in [0.1, 0.15) is 0 Å². The zero-order chi connectivity index (χ0) is 15.6. The van der Waals surface area contributed by atoms with Crippen molar-refractivity contribution in [3.8, 4) is 5.88 Å². The van der Waals surface area contributed by atoms with Gasteiger partial charge in [0.25, 0.3) is 0 Å². The highest BCUT2D eigenvalue weighted by atomic mass is 16.5. The molecule has 3 aliphatic rings. The Morgan fingerprint density at radius 2 is 2.09 bits per heavy atom. The minimum absolute atomic E-state index is 0.138. The molecule has 1 aromatic rings. The van der Waals surface area contributed by atoms with Crippen molar-refractivity contribution in [1.29, 1.82) is 0 Å². The van der Waals surface area contributed by atoms with Gasteiger partial charge in [0, 0.05) is 44.7 Å². The molecule has 1 amide bonds. The lowest BCUT2D eigenvalue weighted by Gasteiger charge is -2.32. The van der Waals surface area contributed by atoms with E-state index >= 15 is 0 Å². The van der Waals surface area contributed by atoms with Crippen LogP contribution in [0, 0.1) is 11.8 Å². The average Bonchev–Trinajstić information content (AvgIpc) is 3.44. The lowest BCUT2D eigenvalue weighted by molar-refractivity contribution is -0.139. The fraction of sp³-hybridized carbons (Fsp3) is 0.667. The number of hydrogen-bond acceptors (Lipinski definition) is 4. The zero-order valence-electron chi connectivity index (χ0n) is 13.5. The van der Waals surface area contributed by atoms with Crippen LogP contribution in [-0.4, -0.2) is 42.2 Å². The van der Waals surface area contributed by atoms with E-state index in [0.29, 0.717) is 19.8 Å². The molecule has 2 aliphatic heterocycles. The maximum Gasteiger partial charge on any atom is 0.226 e. The SMILES string of the molecule is O=C(C1CCOCC1)N1CCc2nc(OCC3CC3)ccc2C1. The van der Waals surface area contributed by atoms with Crippen molar-refractivity contribution >= 4 is 5.91 Å². The molecule has 1 saturated heterocycles. The molecule has 23 heavy (non-hydrogen) atoms. The fourth-order valence-electron chi connectivity index (χ4n) is 3.36. The predicted octanol–water partition coefficient (Wildman–Crippen LogP) is 2.18. The largest absolute Gasteiger partial charge is 0.477 e. The van der Waals surface area contributed by atoms with Gasteiger partial charge in [-0.2, -0.15) is 0 Å². The Bertz CT molecular complexity index is 580. The van der Waals surface area contributed by atoms with Crippen LogP contribution in [0.3, 0.4) is 0 Å². The molecular formula is C18H24N2O3. The van der Waals surface area contributed by atoms with E-state index in [2.05, 4.69) is 11.1 Å². The predicted molar refractivity (Wildman–Crippen MR) is 85.1 cm³/mol. The highest BCUT2D eigenvalue weighted by molar-refractivity contribution is 5.79. The van der Waals surface area contributed by atoms with Crippen LogP contribution in [0.15, 0.2) is 12.1 Å². The summed E-state index contributed by atoms with van der Waals surface area (Å²) in [4.78, 5) is 19.3. The molecule has 0 atom stereocenters. The summed E-state index contributed by atoms with van der Waals surface area (Å²) in [5, 5.41) is 0. The average molecular weight is 316 g/mol. The highest BCUT2D eigenvalue weighted by Crippen LogP contribution is 2.30. The number of rotatable bonds is 4. The summed E-state index contributed by atoms with van der Waals surface area (Å²) in [6, 6.07) is 4.03. The molecule has 2 fully saturated rings. The number of hydrogen-bond donors (Lipinski definition) is 0. The number of aromatic nitrogens is 1. The first kappa shape index (κ1) is 14.9. The van der Waals surface area contributed by atoms with Crippen molar-refractivity contribution < 1.29 is 14.3 Å². The Kier molecular flexibility index (Phi) is 4.21. The van der Waals surface area contributed by atoms with Gasteiger partial charge in [-0.1, -0.05) is 6.07 Å². The van der Waals surface area contributed by atoms with E-state index in [-0.39, 0.29) is 11.8 Å². The minimum Gasteiger partial charge on any atom is -0.477 e. The summed E-state index contributed by atoms with van der Waals surface area (Å²) in [5.74, 6) is 1.90. The third kappa shape index (κ3) is 3.50. The van der Waals surface area contributed by atoms with E-state index in [1.807, 2.05) is 11.0 Å². The molecule has 124 valence electrons. The summed E-state index contributed by atoms with van der Waals surface area (Å²) >= 11 is 0.